The van der Waals surface area contributed by atoms with Gasteiger partial charge in [0.25, 0.3) is 0 Å². The highest BCUT2D eigenvalue weighted by molar-refractivity contribution is 5.68. The van der Waals surface area contributed by atoms with Gasteiger partial charge >= 0.3 is 5.97 Å². The lowest BCUT2D eigenvalue weighted by Crippen LogP contribution is -1.98. The molecule has 0 amide bonds. The lowest BCUT2D eigenvalue weighted by molar-refractivity contribution is -0.140. The maximum absolute atomic E-state index is 10.9. The van der Waals surface area contributed by atoms with E-state index in [1.807, 2.05) is 0 Å². The zero-order valence-corrected chi connectivity index (χ0v) is 12.4. The van der Waals surface area contributed by atoms with Crippen molar-refractivity contribution in [2.24, 2.45) is 17.8 Å². The number of allylic oxidation sites excluding steroid dienone is 2. The quantitative estimate of drug-likeness (QED) is 0.300. The third kappa shape index (κ3) is 7.72. The maximum Gasteiger partial charge on any atom is 0.305 e. The minimum Gasteiger partial charge on any atom is -0.469 e. The monoisotopic (exact) mass is 262 g/mol. The maximum atomic E-state index is 10.9. The van der Waals surface area contributed by atoms with Gasteiger partial charge in [-0.1, -0.05) is 26.0 Å². The van der Waals surface area contributed by atoms with E-state index in [9.17, 15) is 4.79 Å². The molecule has 1 rings (SSSR count). The molecule has 2 nitrogen and oxygen atoms in total. The van der Waals surface area contributed by atoms with Gasteiger partial charge in [0.2, 0.25) is 0 Å². The second kappa shape index (κ2) is 8.80. The summed E-state index contributed by atoms with van der Waals surface area (Å²) in [6.45, 7) is 4.27. The van der Waals surface area contributed by atoms with Crippen LogP contribution in [0.3, 0.4) is 0 Å². The van der Waals surface area contributed by atoms with Crippen molar-refractivity contribution >= 4 is 5.97 Å². The van der Waals surface area contributed by atoms with Gasteiger partial charge in [0.15, 0.2) is 0 Å². The van der Waals surface area contributed by atoms with E-state index in [1.165, 1.54) is 20.0 Å². The molecule has 0 spiro atoms. The number of hydrogen-bond donors (Lipinski definition) is 0. The number of unbranched alkanes of at least 4 members (excludes halogenated alkanes) is 1. The Hall–Kier alpha value is -1.23. The standard InChI is InChI=1S/C17H26O2/c1-14(2)9-8-11-16-13-15(16)10-6-4-5-7-12-17(18)19-3/h4,6,14-16H,5,7,10-13H2,1-3H3/b6-4-/t15-,16+/m1/s1. The number of hydrogen-bond acceptors (Lipinski definition) is 2. The minimum absolute atomic E-state index is 0.112. The summed E-state index contributed by atoms with van der Waals surface area (Å²) in [5.74, 6) is 8.56. The molecule has 106 valence electrons. The summed E-state index contributed by atoms with van der Waals surface area (Å²) < 4.78 is 4.60. The lowest BCUT2D eigenvalue weighted by atomic mass is 10.1. The number of esters is 1. The third-order valence-corrected chi connectivity index (χ3v) is 3.41. The first-order valence-corrected chi connectivity index (χ1v) is 7.33. The molecule has 0 radical (unpaired) electrons. The van der Waals surface area contributed by atoms with Crippen LogP contribution in [0.4, 0.5) is 0 Å². The fourth-order valence-corrected chi connectivity index (χ4v) is 2.10. The van der Waals surface area contributed by atoms with Crippen molar-refractivity contribution in [3.8, 4) is 11.8 Å². The number of carbonyl (C=O) groups is 1. The van der Waals surface area contributed by atoms with Gasteiger partial charge in [-0.15, -0.1) is 11.8 Å². The second-order valence-corrected chi connectivity index (χ2v) is 5.61. The van der Waals surface area contributed by atoms with Crippen LogP contribution in [0.15, 0.2) is 12.2 Å². The zero-order chi connectivity index (χ0) is 14.1. The van der Waals surface area contributed by atoms with Crippen LogP contribution in [0.25, 0.3) is 0 Å². The van der Waals surface area contributed by atoms with Gasteiger partial charge in [0.1, 0.15) is 0 Å². The van der Waals surface area contributed by atoms with Crippen molar-refractivity contribution in [1.29, 1.82) is 0 Å². The molecule has 2 atom stereocenters. The first-order chi connectivity index (χ1) is 9.13. The number of methoxy groups -OCH3 is 1. The molecule has 1 fully saturated rings. The molecule has 1 aliphatic carbocycles. The summed E-state index contributed by atoms with van der Waals surface area (Å²) in [5.41, 5.74) is 0. The largest absolute Gasteiger partial charge is 0.469 e. The smallest absolute Gasteiger partial charge is 0.305 e. The van der Waals surface area contributed by atoms with Gasteiger partial charge in [-0.2, -0.15) is 0 Å². The van der Waals surface area contributed by atoms with E-state index in [-0.39, 0.29) is 5.97 Å². The van der Waals surface area contributed by atoms with Crippen molar-refractivity contribution in [1.82, 2.24) is 0 Å². The third-order valence-electron chi connectivity index (χ3n) is 3.41. The van der Waals surface area contributed by atoms with Crippen LogP contribution in [-0.2, 0) is 9.53 Å². The van der Waals surface area contributed by atoms with Crippen LogP contribution in [0.5, 0.6) is 0 Å². The van der Waals surface area contributed by atoms with E-state index in [2.05, 4.69) is 42.6 Å². The first kappa shape index (κ1) is 15.8. The van der Waals surface area contributed by atoms with Crippen molar-refractivity contribution in [2.45, 2.75) is 52.4 Å². The predicted octanol–water partition coefficient (Wildman–Crippen LogP) is 3.96. The predicted molar refractivity (Wildman–Crippen MR) is 78.5 cm³/mol. The minimum atomic E-state index is -0.112. The molecule has 0 saturated heterocycles. The summed E-state index contributed by atoms with van der Waals surface area (Å²) >= 11 is 0. The van der Waals surface area contributed by atoms with Crippen LogP contribution < -0.4 is 0 Å². The SMILES string of the molecule is COC(=O)CCC/C=C\C[C@@H]1C[C@@H]1CC#CC(C)C. The van der Waals surface area contributed by atoms with Crippen molar-refractivity contribution in [3.05, 3.63) is 12.2 Å². The molecule has 0 N–H and O–H groups in total. The van der Waals surface area contributed by atoms with Gasteiger partial charge in [0.05, 0.1) is 7.11 Å². The second-order valence-electron chi connectivity index (χ2n) is 5.61. The molecule has 0 heterocycles. The molecule has 0 bridgehead atoms. The fourth-order valence-electron chi connectivity index (χ4n) is 2.10. The van der Waals surface area contributed by atoms with Crippen LogP contribution in [-0.4, -0.2) is 13.1 Å². The Balaban J connectivity index is 2.00. The Kier molecular flexibility index (Phi) is 7.33. The van der Waals surface area contributed by atoms with Crippen molar-refractivity contribution in [2.75, 3.05) is 7.11 Å². The van der Waals surface area contributed by atoms with Gasteiger partial charge < -0.3 is 4.74 Å². The lowest BCUT2D eigenvalue weighted by Gasteiger charge is -1.96. The van der Waals surface area contributed by atoms with Gasteiger partial charge in [0, 0.05) is 18.8 Å². The van der Waals surface area contributed by atoms with Crippen LogP contribution in [0.1, 0.15) is 52.4 Å². The van der Waals surface area contributed by atoms with Gasteiger partial charge in [-0.3, -0.25) is 4.79 Å². The molecular weight excluding hydrogens is 236 g/mol. The molecular formula is C17H26O2. The van der Waals surface area contributed by atoms with E-state index >= 15 is 0 Å². The molecule has 1 aliphatic rings. The van der Waals surface area contributed by atoms with Crippen LogP contribution in [0.2, 0.25) is 0 Å². The summed E-state index contributed by atoms with van der Waals surface area (Å²) in [7, 11) is 1.44. The van der Waals surface area contributed by atoms with E-state index in [4.69, 9.17) is 0 Å². The van der Waals surface area contributed by atoms with Crippen LogP contribution >= 0.6 is 0 Å². The molecule has 1 saturated carbocycles. The first-order valence-electron chi connectivity index (χ1n) is 7.33. The highest BCUT2D eigenvalue weighted by Gasteiger charge is 2.34. The summed E-state index contributed by atoms with van der Waals surface area (Å²) in [6.07, 6.45) is 10.4. The zero-order valence-electron chi connectivity index (χ0n) is 12.4. The molecule has 0 aliphatic heterocycles. The van der Waals surface area contributed by atoms with Crippen molar-refractivity contribution < 1.29 is 9.53 Å². The molecule has 0 aromatic rings. The number of ether oxygens (including phenoxy) is 1. The Morgan fingerprint density at radius 1 is 1.37 bits per heavy atom. The number of carbonyl (C=O) groups excluding carboxylic acids is 1. The molecule has 19 heavy (non-hydrogen) atoms. The van der Waals surface area contributed by atoms with Crippen LogP contribution in [0, 0.1) is 29.6 Å². The van der Waals surface area contributed by atoms with E-state index < -0.39 is 0 Å². The Morgan fingerprint density at radius 2 is 2.16 bits per heavy atom. The Morgan fingerprint density at radius 3 is 2.84 bits per heavy atom. The normalized spacial score (nSPS) is 21.3. The fraction of sp³-hybridized carbons (Fsp3) is 0.706. The van der Waals surface area contributed by atoms with Gasteiger partial charge in [-0.25, -0.2) is 0 Å². The molecule has 0 aromatic heterocycles. The molecule has 2 heteroatoms. The average molecular weight is 262 g/mol. The Labute approximate surface area is 117 Å². The van der Waals surface area contributed by atoms with E-state index in [0.29, 0.717) is 12.3 Å². The topological polar surface area (TPSA) is 26.3 Å². The molecule has 0 aromatic carbocycles. The molecule has 0 unspecified atom stereocenters. The van der Waals surface area contributed by atoms with E-state index in [1.54, 1.807) is 0 Å². The summed E-state index contributed by atoms with van der Waals surface area (Å²) in [5, 5.41) is 0. The average Bonchev–Trinajstić information content (AvgIpc) is 3.11. The van der Waals surface area contributed by atoms with Gasteiger partial charge in [-0.05, 0) is 37.5 Å². The summed E-state index contributed by atoms with van der Waals surface area (Å²) in [4.78, 5) is 10.9. The van der Waals surface area contributed by atoms with Crippen molar-refractivity contribution in [3.63, 3.8) is 0 Å². The highest BCUT2D eigenvalue weighted by Crippen LogP contribution is 2.43. The number of rotatable bonds is 7. The Bertz CT molecular complexity index is 357. The highest BCUT2D eigenvalue weighted by atomic mass is 16.5. The van der Waals surface area contributed by atoms with E-state index in [0.717, 1.165) is 31.1 Å². The summed E-state index contributed by atoms with van der Waals surface area (Å²) in [6, 6.07) is 0.